The predicted molar refractivity (Wildman–Crippen MR) is 115 cm³/mol. The molecule has 0 unspecified atom stereocenters. The van der Waals surface area contributed by atoms with Gasteiger partial charge in [0.2, 0.25) is 5.91 Å². The summed E-state index contributed by atoms with van der Waals surface area (Å²) in [6.45, 7) is 2.01. The highest BCUT2D eigenvalue weighted by Gasteiger charge is 2.60. The minimum atomic E-state index is -0.903. The van der Waals surface area contributed by atoms with E-state index in [9.17, 15) is 9.59 Å². The van der Waals surface area contributed by atoms with Crippen LogP contribution >= 0.6 is 11.6 Å². The first-order valence-corrected chi connectivity index (χ1v) is 10.1. The van der Waals surface area contributed by atoms with Crippen LogP contribution in [0.15, 0.2) is 78.9 Å². The molecule has 6 heteroatoms. The third-order valence-corrected chi connectivity index (χ3v) is 5.96. The number of amides is 2. The molecule has 3 atom stereocenters. The van der Waals surface area contributed by atoms with Gasteiger partial charge in [-0.3, -0.25) is 14.4 Å². The molecule has 30 heavy (non-hydrogen) atoms. The molecule has 150 valence electrons. The van der Waals surface area contributed by atoms with Gasteiger partial charge in [-0.1, -0.05) is 71.8 Å². The van der Waals surface area contributed by atoms with E-state index in [2.05, 4.69) is 0 Å². The van der Waals surface area contributed by atoms with E-state index in [1.807, 2.05) is 61.5 Å². The molecule has 3 aromatic carbocycles. The van der Waals surface area contributed by atoms with Crippen molar-refractivity contribution in [3.05, 3.63) is 95.0 Å². The Labute approximate surface area is 179 Å². The third kappa shape index (κ3) is 2.90. The van der Waals surface area contributed by atoms with Gasteiger partial charge in [0.05, 0.1) is 22.4 Å². The third-order valence-electron chi connectivity index (χ3n) is 5.64. The van der Waals surface area contributed by atoms with Crippen molar-refractivity contribution in [2.45, 2.75) is 19.1 Å². The van der Waals surface area contributed by atoms with Crippen molar-refractivity contribution in [2.75, 3.05) is 9.96 Å². The van der Waals surface area contributed by atoms with Crippen molar-refractivity contribution < 1.29 is 14.4 Å². The maximum Gasteiger partial charge on any atom is 0.266 e. The molecule has 0 saturated carbocycles. The quantitative estimate of drug-likeness (QED) is 0.578. The number of hydroxylamine groups is 1. The lowest BCUT2D eigenvalue weighted by Gasteiger charge is -2.29. The highest BCUT2D eigenvalue weighted by molar-refractivity contribution is 6.36. The zero-order valence-electron chi connectivity index (χ0n) is 16.2. The first-order chi connectivity index (χ1) is 14.6. The van der Waals surface area contributed by atoms with E-state index in [-0.39, 0.29) is 5.91 Å². The summed E-state index contributed by atoms with van der Waals surface area (Å²) in [5, 5.41) is 2.05. The highest BCUT2D eigenvalue weighted by Crippen LogP contribution is 2.48. The summed E-state index contributed by atoms with van der Waals surface area (Å²) in [4.78, 5) is 34.1. The molecule has 2 heterocycles. The summed E-state index contributed by atoms with van der Waals surface area (Å²) >= 11 is 6.29. The maximum absolute atomic E-state index is 13.5. The molecular formula is C24H19ClN2O3. The van der Waals surface area contributed by atoms with Gasteiger partial charge < -0.3 is 0 Å². The van der Waals surface area contributed by atoms with Gasteiger partial charge in [-0.15, -0.1) is 0 Å². The monoisotopic (exact) mass is 418 g/mol. The fraction of sp³-hybridized carbons (Fsp3) is 0.167. The van der Waals surface area contributed by atoms with Crippen LogP contribution < -0.4 is 9.96 Å². The summed E-state index contributed by atoms with van der Waals surface area (Å²) in [7, 11) is 0. The average Bonchev–Trinajstić information content (AvgIpc) is 3.26. The Morgan fingerprint density at radius 1 is 0.833 bits per heavy atom. The number of hydrogen-bond donors (Lipinski definition) is 0. The lowest BCUT2D eigenvalue weighted by molar-refractivity contribution is -0.126. The van der Waals surface area contributed by atoms with Gasteiger partial charge >= 0.3 is 0 Å². The number of nitrogens with zero attached hydrogens (tertiary/aromatic N) is 2. The van der Waals surface area contributed by atoms with E-state index < -0.39 is 24.0 Å². The lowest BCUT2D eigenvalue weighted by Crippen LogP contribution is -2.37. The minimum absolute atomic E-state index is 0.304. The van der Waals surface area contributed by atoms with E-state index in [0.29, 0.717) is 10.7 Å². The summed E-state index contributed by atoms with van der Waals surface area (Å²) in [5.41, 5.74) is 3.22. The van der Waals surface area contributed by atoms with Crippen molar-refractivity contribution in [1.29, 1.82) is 0 Å². The van der Waals surface area contributed by atoms with Gasteiger partial charge in [0.25, 0.3) is 5.91 Å². The van der Waals surface area contributed by atoms with E-state index >= 15 is 0 Å². The number of benzene rings is 3. The second kappa shape index (κ2) is 7.27. The molecule has 5 rings (SSSR count). The summed E-state index contributed by atoms with van der Waals surface area (Å²) in [6, 6.07) is 23.9. The Morgan fingerprint density at radius 3 is 2.20 bits per heavy atom. The molecule has 0 bridgehead atoms. The zero-order valence-corrected chi connectivity index (χ0v) is 17.0. The van der Waals surface area contributed by atoms with Crippen molar-refractivity contribution in [2.24, 2.45) is 5.92 Å². The molecule has 0 radical (unpaired) electrons. The molecule has 0 N–H and O–H groups in total. The predicted octanol–water partition coefficient (Wildman–Crippen LogP) is 4.70. The topological polar surface area (TPSA) is 49.9 Å². The number of rotatable bonds is 3. The molecule has 2 saturated heterocycles. The van der Waals surface area contributed by atoms with Crippen LogP contribution in [0.3, 0.4) is 0 Å². The van der Waals surface area contributed by atoms with Crippen LogP contribution in [0.4, 0.5) is 11.4 Å². The van der Waals surface area contributed by atoms with Crippen molar-refractivity contribution in [3.63, 3.8) is 0 Å². The molecule has 5 nitrogen and oxygen atoms in total. The van der Waals surface area contributed by atoms with E-state index in [4.69, 9.17) is 16.4 Å². The van der Waals surface area contributed by atoms with Crippen LogP contribution in [0.1, 0.15) is 17.2 Å². The van der Waals surface area contributed by atoms with Crippen LogP contribution in [0, 0.1) is 12.8 Å². The Morgan fingerprint density at radius 2 is 1.50 bits per heavy atom. The number of carbonyl (C=O) groups excluding carboxylic acids is 2. The van der Waals surface area contributed by atoms with Crippen LogP contribution in [0.2, 0.25) is 5.02 Å². The maximum atomic E-state index is 13.5. The van der Waals surface area contributed by atoms with Gasteiger partial charge in [-0.05, 0) is 36.8 Å². The fourth-order valence-corrected chi connectivity index (χ4v) is 4.41. The van der Waals surface area contributed by atoms with Crippen molar-refractivity contribution in [1.82, 2.24) is 0 Å². The van der Waals surface area contributed by atoms with Crippen LogP contribution in [0.25, 0.3) is 0 Å². The first kappa shape index (κ1) is 18.9. The number of aryl methyl sites for hydroxylation is 1. The molecular weight excluding hydrogens is 400 g/mol. The fourth-order valence-electron chi connectivity index (χ4n) is 4.19. The number of hydrogen-bond acceptors (Lipinski definition) is 4. The molecule has 0 aliphatic carbocycles. The van der Waals surface area contributed by atoms with E-state index in [0.717, 1.165) is 16.8 Å². The van der Waals surface area contributed by atoms with Gasteiger partial charge in [-0.25, -0.2) is 9.96 Å². The van der Waals surface area contributed by atoms with Crippen LogP contribution in [0.5, 0.6) is 0 Å². The molecule has 2 fully saturated rings. The molecule has 2 aliphatic rings. The van der Waals surface area contributed by atoms with Crippen molar-refractivity contribution in [3.8, 4) is 0 Å². The second-order valence-electron chi connectivity index (χ2n) is 7.53. The number of anilines is 2. The highest BCUT2D eigenvalue weighted by atomic mass is 35.5. The average molecular weight is 419 g/mol. The van der Waals surface area contributed by atoms with Gasteiger partial charge in [0.15, 0.2) is 6.10 Å². The SMILES string of the molecule is Cc1ccc([C@H]2[C@H]3C(=O)N(c4ccccc4Cl)C(=O)[C@@H]3ON2c2ccccc2)cc1. The molecule has 2 aliphatic heterocycles. The number of fused-ring (bicyclic) bond motifs is 1. The number of imide groups is 1. The summed E-state index contributed by atoms with van der Waals surface area (Å²) < 4.78 is 0. The Kier molecular flexibility index (Phi) is 4.57. The summed E-state index contributed by atoms with van der Waals surface area (Å²) in [5.74, 6) is -1.37. The second-order valence-corrected chi connectivity index (χ2v) is 7.94. The lowest BCUT2D eigenvalue weighted by atomic mass is 9.90. The zero-order chi connectivity index (χ0) is 20.8. The number of para-hydroxylation sites is 2. The standard InChI is InChI=1S/C24H19ClN2O3/c1-15-11-13-16(14-12-15)21-20-22(30-27(21)17-7-3-2-4-8-17)24(29)26(23(20)28)19-10-6-5-9-18(19)25/h2-14,20-22H,1H3/t20-,21+,22-/m1/s1. The first-order valence-electron chi connectivity index (χ1n) is 9.76. The van der Waals surface area contributed by atoms with Gasteiger partial charge in [0, 0.05) is 0 Å². The smallest absolute Gasteiger partial charge is 0.266 e. The van der Waals surface area contributed by atoms with Crippen molar-refractivity contribution >= 4 is 34.8 Å². The molecule has 0 aromatic heterocycles. The minimum Gasteiger partial charge on any atom is -0.273 e. The van der Waals surface area contributed by atoms with Gasteiger partial charge in [0.1, 0.15) is 5.92 Å². The Hall–Kier alpha value is -3.15. The van der Waals surface area contributed by atoms with Crippen LogP contribution in [-0.2, 0) is 14.4 Å². The molecule has 3 aromatic rings. The Bertz CT molecular complexity index is 1120. The van der Waals surface area contributed by atoms with Gasteiger partial charge in [-0.2, -0.15) is 0 Å². The largest absolute Gasteiger partial charge is 0.273 e. The molecule has 0 spiro atoms. The number of carbonyl (C=O) groups is 2. The van der Waals surface area contributed by atoms with E-state index in [1.165, 1.54) is 4.90 Å². The number of halogens is 1. The normalized spacial score (nSPS) is 23.2. The van der Waals surface area contributed by atoms with Crippen LogP contribution in [-0.4, -0.2) is 17.9 Å². The molecule has 2 amide bonds. The Balaban J connectivity index is 1.60. The van der Waals surface area contributed by atoms with E-state index in [1.54, 1.807) is 29.3 Å². The summed E-state index contributed by atoms with van der Waals surface area (Å²) in [6.07, 6.45) is -0.903.